The van der Waals surface area contributed by atoms with Crippen LogP contribution in [0.3, 0.4) is 0 Å². The second-order valence-corrected chi connectivity index (χ2v) is 8.23. The molecule has 4 aliphatic rings. The Morgan fingerprint density at radius 1 is 1.08 bits per heavy atom. The largest absolute Gasteiger partial charge is 0.479 e. The van der Waals surface area contributed by atoms with Gasteiger partial charge in [0.2, 0.25) is 0 Å². The molecule has 4 aliphatic carbocycles. The van der Waals surface area contributed by atoms with Crippen LogP contribution in [0.15, 0.2) is 24.3 Å². The summed E-state index contributed by atoms with van der Waals surface area (Å²) in [6.45, 7) is 3.94. The van der Waals surface area contributed by atoms with Gasteiger partial charge in [-0.25, -0.2) is 4.79 Å². The first-order valence-corrected chi connectivity index (χ1v) is 9.52. The molecule has 24 heavy (non-hydrogen) atoms. The number of benzene rings is 1. The predicted octanol–water partition coefficient (Wildman–Crippen LogP) is 4.48. The van der Waals surface area contributed by atoms with Crippen molar-refractivity contribution in [1.29, 1.82) is 0 Å². The summed E-state index contributed by atoms with van der Waals surface area (Å²) in [5.41, 5.74) is 1.90. The summed E-state index contributed by atoms with van der Waals surface area (Å²) >= 11 is 0. The van der Waals surface area contributed by atoms with Crippen LogP contribution in [-0.4, -0.2) is 18.7 Å². The highest BCUT2D eigenvalue weighted by molar-refractivity contribution is 5.74. The van der Waals surface area contributed by atoms with E-state index in [0.29, 0.717) is 12.0 Å². The fourth-order valence-corrected chi connectivity index (χ4v) is 5.86. The van der Waals surface area contributed by atoms with E-state index in [1.165, 1.54) is 44.1 Å². The maximum Gasteiger partial charge on any atom is 0.347 e. The summed E-state index contributed by atoms with van der Waals surface area (Å²) in [5.74, 6) is 3.31. The van der Waals surface area contributed by atoms with Crippen LogP contribution in [0.2, 0.25) is 0 Å². The summed E-state index contributed by atoms with van der Waals surface area (Å²) in [4.78, 5) is 11.7. The molecule has 0 aromatic heterocycles. The van der Waals surface area contributed by atoms with E-state index in [0.717, 1.165) is 23.5 Å². The zero-order valence-corrected chi connectivity index (χ0v) is 14.8. The molecule has 3 heteroatoms. The van der Waals surface area contributed by atoms with Crippen LogP contribution >= 0.6 is 0 Å². The summed E-state index contributed by atoms with van der Waals surface area (Å²) in [6.07, 6.45) is 7.97. The Hall–Kier alpha value is -1.51. The van der Waals surface area contributed by atoms with E-state index in [1.54, 1.807) is 6.92 Å². The van der Waals surface area contributed by atoms with E-state index in [9.17, 15) is 4.79 Å². The fourth-order valence-electron chi connectivity index (χ4n) is 5.86. The quantitative estimate of drug-likeness (QED) is 0.747. The Bertz CT molecular complexity index is 569. The summed E-state index contributed by atoms with van der Waals surface area (Å²) < 4.78 is 10.7. The minimum Gasteiger partial charge on any atom is -0.479 e. The number of carbonyl (C=O) groups excluding carboxylic acids is 1. The second kappa shape index (κ2) is 6.09. The Balaban J connectivity index is 1.47. The molecule has 3 nitrogen and oxygen atoms in total. The van der Waals surface area contributed by atoms with E-state index < -0.39 is 6.10 Å². The first-order chi connectivity index (χ1) is 11.6. The molecule has 4 saturated carbocycles. The van der Waals surface area contributed by atoms with Crippen molar-refractivity contribution in [3.63, 3.8) is 0 Å². The summed E-state index contributed by atoms with van der Waals surface area (Å²) in [7, 11) is 0. The van der Waals surface area contributed by atoms with Crippen molar-refractivity contribution >= 4 is 5.97 Å². The highest BCUT2D eigenvalue weighted by atomic mass is 16.6. The van der Waals surface area contributed by atoms with Gasteiger partial charge < -0.3 is 9.47 Å². The zero-order chi connectivity index (χ0) is 16.7. The Labute approximate surface area is 144 Å². The number of carbonyl (C=O) groups is 1. The lowest BCUT2D eigenvalue weighted by atomic mass is 9.48. The standard InChI is InChI=1S/C21H28O3/c1-3-23-20(22)14(2)24-19-6-4-18(5-7-19)21-11-15-8-16(12-21)10-17(9-15)13-21/h4-7,14-17H,3,8-13H2,1-2H3/t14-,15?,16?,17?,21?/m0/s1. The molecule has 130 valence electrons. The Morgan fingerprint density at radius 2 is 1.62 bits per heavy atom. The maximum atomic E-state index is 11.7. The molecule has 0 N–H and O–H groups in total. The Kier molecular flexibility index (Phi) is 4.06. The molecule has 0 radical (unpaired) electrons. The third kappa shape index (κ3) is 2.82. The molecule has 0 amide bonds. The second-order valence-electron chi connectivity index (χ2n) is 8.23. The first-order valence-electron chi connectivity index (χ1n) is 9.52. The average Bonchev–Trinajstić information content (AvgIpc) is 2.54. The third-order valence-electron chi connectivity index (χ3n) is 6.44. The summed E-state index contributed by atoms with van der Waals surface area (Å²) in [6, 6.07) is 8.54. The molecule has 1 aromatic rings. The number of hydrogen-bond acceptors (Lipinski definition) is 3. The van der Waals surface area contributed by atoms with Gasteiger partial charge in [0.05, 0.1) is 6.61 Å². The number of rotatable bonds is 5. The number of hydrogen-bond donors (Lipinski definition) is 0. The smallest absolute Gasteiger partial charge is 0.347 e. The molecular weight excluding hydrogens is 300 g/mol. The van der Waals surface area contributed by atoms with Crippen LogP contribution in [0.25, 0.3) is 0 Å². The van der Waals surface area contributed by atoms with Crippen LogP contribution in [0.5, 0.6) is 5.75 Å². The van der Waals surface area contributed by atoms with Gasteiger partial charge in [0.1, 0.15) is 5.75 Å². The van der Waals surface area contributed by atoms with E-state index in [4.69, 9.17) is 9.47 Å². The van der Waals surface area contributed by atoms with Crippen molar-refractivity contribution < 1.29 is 14.3 Å². The van der Waals surface area contributed by atoms with Gasteiger partial charge in [-0.05, 0) is 93.2 Å². The van der Waals surface area contributed by atoms with Gasteiger partial charge in [-0.1, -0.05) is 12.1 Å². The highest BCUT2D eigenvalue weighted by Gasteiger charge is 2.51. The van der Waals surface area contributed by atoms with Gasteiger partial charge in [0.25, 0.3) is 0 Å². The molecule has 1 aromatic carbocycles. The molecule has 4 bridgehead atoms. The van der Waals surface area contributed by atoms with Crippen LogP contribution in [0, 0.1) is 17.8 Å². The van der Waals surface area contributed by atoms with Gasteiger partial charge in [-0.15, -0.1) is 0 Å². The minimum absolute atomic E-state index is 0.303. The van der Waals surface area contributed by atoms with E-state index in [-0.39, 0.29) is 5.97 Å². The van der Waals surface area contributed by atoms with Crippen molar-refractivity contribution in [1.82, 2.24) is 0 Å². The van der Waals surface area contributed by atoms with Crippen LogP contribution in [-0.2, 0) is 14.9 Å². The van der Waals surface area contributed by atoms with Crippen LogP contribution in [0.1, 0.15) is 57.9 Å². The van der Waals surface area contributed by atoms with Gasteiger partial charge in [-0.3, -0.25) is 0 Å². The Morgan fingerprint density at radius 3 is 2.12 bits per heavy atom. The lowest BCUT2D eigenvalue weighted by molar-refractivity contribution is -0.150. The lowest BCUT2D eigenvalue weighted by Crippen LogP contribution is -2.48. The molecule has 0 heterocycles. The van der Waals surface area contributed by atoms with Crippen molar-refractivity contribution in [3.05, 3.63) is 29.8 Å². The van der Waals surface area contributed by atoms with Gasteiger partial charge in [0.15, 0.2) is 6.10 Å². The molecule has 0 spiro atoms. The van der Waals surface area contributed by atoms with Crippen molar-refractivity contribution in [2.24, 2.45) is 17.8 Å². The number of esters is 1. The summed E-state index contributed by atoms with van der Waals surface area (Å²) in [5, 5.41) is 0. The molecular formula is C21H28O3. The van der Waals surface area contributed by atoms with E-state index in [2.05, 4.69) is 12.1 Å². The molecule has 0 saturated heterocycles. The fraction of sp³-hybridized carbons (Fsp3) is 0.667. The molecule has 1 atom stereocenters. The lowest BCUT2D eigenvalue weighted by Gasteiger charge is -2.57. The van der Waals surface area contributed by atoms with E-state index in [1.807, 2.05) is 19.1 Å². The molecule has 0 aliphatic heterocycles. The third-order valence-corrected chi connectivity index (χ3v) is 6.44. The normalized spacial score (nSPS) is 34.8. The molecule has 0 unspecified atom stereocenters. The van der Waals surface area contributed by atoms with Gasteiger partial charge in [-0.2, -0.15) is 0 Å². The average molecular weight is 328 g/mol. The van der Waals surface area contributed by atoms with Crippen LogP contribution in [0.4, 0.5) is 0 Å². The monoisotopic (exact) mass is 328 g/mol. The van der Waals surface area contributed by atoms with Crippen molar-refractivity contribution in [2.75, 3.05) is 6.61 Å². The van der Waals surface area contributed by atoms with Crippen molar-refractivity contribution in [3.8, 4) is 5.75 Å². The predicted molar refractivity (Wildman–Crippen MR) is 93.0 cm³/mol. The van der Waals surface area contributed by atoms with Crippen molar-refractivity contribution in [2.45, 2.75) is 63.9 Å². The van der Waals surface area contributed by atoms with Gasteiger partial charge in [0, 0.05) is 0 Å². The minimum atomic E-state index is -0.560. The number of ether oxygens (including phenoxy) is 2. The molecule has 4 fully saturated rings. The first kappa shape index (κ1) is 16.0. The SMILES string of the molecule is CCOC(=O)[C@H](C)Oc1ccc(C23CC4CC(CC(C4)C2)C3)cc1. The topological polar surface area (TPSA) is 35.5 Å². The maximum absolute atomic E-state index is 11.7. The molecule has 5 rings (SSSR count). The van der Waals surface area contributed by atoms with E-state index >= 15 is 0 Å². The zero-order valence-electron chi connectivity index (χ0n) is 14.8. The van der Waals surface area contributed by atoms with Crippen LogP contribution < -0.4 is 4.74 Å². The van der Waals surface area contributed by atoms with Gasteiger partial charge >= 0.3 is 5.97 Å². The highest BCUT2D eigenvalue weighted by Crippen LogP contribution is 2.60.